The number of hydrogen-bond donors (Lipinski definition) is 1. The smallest absolute Gasteiger partial charge is 0.196 e. The van der Waals surface area contributed by atoms with Crippen molar-refractivity contribution in [1.82, 2.24) is 9.97 Å². The van der Waals surface area contributed by atoms with Crippen LogP contribution in [0.3, 0.4) is 0 Å². The number of halogens is 2. The second kappa shape index (κ2) is 6.83. The van der Waals surface area contributed by atoms with E-state index in [1.807, 2.05) is 30.3 Å². The Labute approximate surface area is 159 Å². The van der Waals surface area contributed by atoms with Crippen LogP contribution in [0.4, 0.5) is 0 Å². The van der Waals surface area contributed by atoms with Crippen LogP contribution in [0.15, 0.2) is 67.0 Å². The molecule has 0 spiro atoms. The molecule has 0 unspecified atom stereocenters. The van der Waals surface area contributed by atoms with Crippen molar-refractivity contribution in [1.29, 1.82) is 0 Å². The van der Waals surface area contributed by atoms with E-state index in [1.165, 1.54) is 0 Å². The van der Waals surface area contributed by atoms with Gasteiger partial charge < -0.3 is 9.72 Å². The van der Waals surface area contributed by atoms with Crippen LogP contribution in [0.2, 0.25) is 10.0 Å². The molecule has 0 aliphatic rings. The topological polar surface area (TPSA) is 55.0 Å². The number of nitrogens with one attached hydrogen (secondary N) is 1. The summed E-state index contributed by atoms with van der Waals surface area (Å²) in [7, 11) is 0. The number of carbonyl (C=O) groups is 1. The zero-order chi connectivity index (χ0) is 18.1. The van der Waals surface area contributed by atoms with Gasteiger partial charge in [0.05, 0.1) is 15.6 Å². The largest absolute Gasteiger partial charge is 0.457 e. The first kappa shape index (κ1) is 16.6. The number of fused-ring (bicyclic) bond motifs is 1. The molecule has 2 aromatic carbocycles. The number of benzene rings is 2. The lowest BCUT2D eigenvalue weighted by atomic mass is 10.0. The number of aromatic nitrogens is 2. The van der Waals surface area contributed by atoms with Crippen LogP contribution in [-0.4, -0.2) is 15.8 Å². The van der Waals surface area contributed by atoms with Crippen LogP contribution < -0.4 is 4.74 Å². The van der Waals surface area contributed by atoms with Crippen molar-refractivity contribution >= 4 is 40.0 Å². The molecule has 0 amide bonds. The minimum atomic E-state index is -0.234. The number of H-pyrrole nitrogens is 1. The highest BCUT2D eigenvalue weighted by Crippen LogP contribution is 2.31. The van der Waals surface area contributed by atoms with Crippen molar-refractivity contribution in [2.75, 3.05) is 0 Å². The molecule has 6 heteroatoms. The lowest BCUT2D eigenvalue weighted by Crippen LogP contribution is -2.02. The van der Waals surface area contributed by atoms with E-state index in [-0.39, 0.29) is 5.78 Å². The van der Waals surface area contributed by atoms with Crippen LogP contribution in [0.5, 0.6) is 11.5 Å². The van der Waals surface area contributed by atoms with Crippen molar-refractivity contribution in [3.05, 3.63) is 88.2 Å². The fourth-order valence-corrected chi connectivity index (χ4v) is 3.21. The fourth-order valence-electron chi connectivity index (χ4n) is 2.71. The molecule has 128 valence electrons. The van der Waals surface area contributed by atoms with Gasteiger partial charge in [0, 0.05) is 29.4 Å². The van der Waals surface area contributed by atoms with E-state index in [1.54, 1.807) is 36.7 Å². The minimum Gasteiger partial charge on any atom is -0.457 e. The van der Waals surface area contributed by atoms with Crippen molar-refractivity contribution < 1.29 is 9.53 Å². The van der Waals surface area contributed by atoms with E-state index in [0.29, 0.717) is 43.7 Å². The van der Waals surface area contributed by atoms with Crippen molar-refractivity contribution in [2.24, 2.45) is 0 Å². The van der Waals surface area contributed by atoms with E-state index < -0.39 is 0 Å². The quantitative estimate of drug-likeness (QED) is 0.447. The van der Waals surface area contributed by atoms with E-state index in [0.717, 1.165) is 0 Å². The highest BCUT2D eigenvalue weighted by Gasteiger charge is 2.19. The molecule has 0 aliphatic carbocycles. The predicted molar refractivity (Wildman–Crippen MR) is 103 cm³/mol. The normalized spacial score (nSPS) is 10.8. The summed E-state index contributed by atoms with van der Waals surface area (Å²) >= 11 is 12.6. The highest BCUT2D eigenvalue weighted by atomic mass is 35.5. The second-order valence-electron chi connectivity index (χ2n) is 5.60. The Hall–Kier alpha value is -2.82. The maximum Gasteiger partial charge on any atom is 0.196 e. The van der Waals surface area contributed by atoms with Gasteiger partial charge in [-0.1, -0.05) is 41.4 Å². The maximum absolute atomic E-state index is 12.9. The molecule has 4 aromatic rings. The summed E-state index contributed by atoms with van der Waals surface area (Å²) in [6, 6.07) is 16.0. The van der Waals surface area contributed by atoms with Crippen LogP contribution in [0.25, 0.3) is 11.0 Å². The number of pyridine rings is 1. The molecule has 2 heterocycles. The first-order valence-electron chi connectivity index (χ1n) is 7.82. The third-order valence-electron chi connectivity index (χ3n) is 3.93. The summed E-state index contributed by atoms with van der Waals surface area (Å²) in [5.41, 5.74) is 1.35. The Bertz CT molecular complexity index is 1110. The average molecular weight is 383 g/mol. The molecule has 1 N–H and O–H groups in total. The zero-order valence-electron chi connectivity index (χ0n) is 13.4. The van der Waals surface area contributed by atoms with Crippen molar-refractivity contribution in [3.8, 4) is 11.5 Å². The Morgan fingerprint density at radius 3 is 2.50 bits per heavy atom. The SMILES string of the molecule is O=C(c1ccc(Oc2ccccc2)cc1Cl)c1c[nH]c2nccc(Cl)c12. The number of hydrogen-bond acceptors (Lipinski definition) is 3. The summed E-state index contributed by atoms with van der Waals surface area (Å²) in [5, 5.41) is 1.34. The first-order chi connectivity index (χ1) is 12.6. The van der Waals surface area contributed by atoms with Gasteiger partial charge in [0.1, 0.15) is 17.1 Å². The molecule has 0 saturated carbocycles. The highest BCUT2D eigenvalue weighted by molar-refractivity contribution is 6.39. The summed E-state index contributed by atoms with van der Waals surface area (Å²) < 4.78 is 5.74. The lowest BCUT2D eigenvalue weighted by molar-refractivity contribution is 0.104. The summed E-state index contributed by atoms with van der Waals surface area (Å²) in [4.78, 5) is 20.1. The Morgan fingerprint density at radius 2 is 1.73 bits per heavy atom. The second-order valence-corrected chi connectivity index (χ2v) is 6.42. The Kier molecular flexibility index (Phi) is 4.37. The molecule has 4 rings (SSSR count). The monoisotopic (exact) mass is 382 g/mol. The predicted octanol–water partition coefficient (Wildman–Crippen LogP) is 5.89. The van der Waals surface area contributed by atoms with Gasteiger partial charge in [-0.3, -0.25) is 4.79 Å². The van der Waals surface area contributed by atoms with Gasteiger partial charge in [-0.05, 0) is 30.3 Å². The van der Waals surface area contributed by atoms with E-state index in [9.17, 15) is 4.79 Å². The Morgan fingerprint density at radius 1 is 0.923 bits per heavy atom. The van der Waals surface area contributed by atoms with Crippen LogP contribution in [0.1, 0.15) is 15.9 Å². The van der Waals surface area contributed by atoms with Gasteiger partial charge in [-0.15, -0.1) is 0 Å². The van der Waals surface area contributed by atoms with E-state index in [2.05, 4.69) is 9.97 Å². The van der Waals surface area contributed by atoms with Gasteiger partial charge in [-0.2, -0.15) is 0 Å². The molecule has 0 radical (unpaired) electrons. The van der Waals surface area contributed by atoms with Gasteiger partial charge in [0.15, 0.2) is 5.78 Å². The molecule has 0 bridgehead atoms. The molecule has 0 aliphatic heterocycles. The van der Waals surface area contributed by atoms with Crippen molar-refractivity contribution in [2.45, 2.75) is 0 Å². The number of ether oxygens (including phenoxy) is 1. The van der Waals surface area contributed by atoms with Gasteiger partial charge in [0.25, 0.3) is 0 Å². The molecule has 26 heavy (non-hydrogen) atoms. The molecular weight excluding hydrogens is 371 g/mol. The first-order valence-corrected chi connectivity index (χ1v) is 8.58. The number of rotatable bonds is 4. The lowest BCUT2D eigenvalue weighted by Gasteiger charge is -2.08. The van der Waals surface area contributed by atoms with Crippen molar-refractivity contribution in [3.63, 3.8) is 0 Å². The average Bonchev–Trinajstić information content (AvgIpc) is 3.08. The summed E-state index contributed by atoms with van der Waals surface area (Å²) in [6.07, 6.45) is 3.18. The summed E-state index contributed by atoms with van der Waals surface area (Å²) in [6.45, 7) is 0. The van der Waals surface area contributed by atoms with E-state index in [4.69, 9.17) is 27.9 Å². The van der Waals surface area contributed by atoms with E-state index >= 15 is 0 Å². The number of nitrogens with zero attached hydrogens (tertiary/aromatic N) is 1. The fraction of sp³-hybridized carbons (Fsp3) is 0. The van der Waals surface area contributed by atoms with Crippen LogP contribution in [0, 0.1) is 0 Å². The molecule has 0 fully saturated rings. The van der Waals surface area contributed by atoms with Gasteiger partial charge in [0.2, 0.25) is 0 Å². The third kappa shape index (κ3) is 3.05. The molecule has 4 nitrogen and oxygen atoms in total. The van der Waals surface area contributed by atoms with Gasteiger partial charge >= 0.3 is 0 Å². The molecule has 0 atom stereocenters. The number of carbonyl (C=O) groups excluding carboxylic acids is 1. The third-order valence-corrected chi connectivity index (χ3v) is 4.56. The van der Waals surface area contributed by atoms with Crippen LogP contribution >= 0.6 is 23.2 Å². The molecule has 0 saturated heterocycles. The number of aromatic amines is 1. The standard InChI is InChI=1S/C20H12Cl2N2O2/c21-16-8-9-23-20-18(16)15(11-24-20)19(25)14-7-6-13(10-17(14)22)26-12-4-2-1-3-5-12/h1-11H,(H,23,24). The number of para-hydroxylation sites is 1. The maximum atomic E-state index is 12.9. The van der Waals surface area contributed by atoms with Gasteiger partial charge in [-0.25, -0.2) is 4.98 Å². The summed E-state index contributed by atoms with van der Waals surface area (Å²) in [5.74, 6) is 1.01. The van der Waals surface area contributed by atoms with Crippen LogP contribution in [-0.2, 0) is 0 Å². The zero-order valence-corrected chi connectivity index (χ0v) is 14.9. The number of ketones is 1. The Balaban J connectivity index is 1.68. The molecule has 2 aromatic heterocycles. The molecular formula is C20H12Cl2N2O2. The minimum absolute atomic E-state index is 0.234.